The fraction of sp³-hybridized carbons (Fsp3) is 0.462. The Kier molecular flexibility index (Phi) is 6.66. The van der Waals surface area contributed by atoms with Crippen LogP contribution >= 0.6 is 11.6 Å². The van der Waals surface area contributed by atoms with Gasteiger partial charge in [0.1, 0.15) is 0 Å². The molecule has 1 unspecified atom stereocenters. The SMILES string of the molecule is O=C1CCC(CCC(=O)N2CCN(Cc3ccc4c(c3)OCO4)CC2)(Cc2ccc(Cl)cc2)N1. The fourth-order valence-electron chi connectivity index (χ4n) is 5.13. The molecule has 0 aromatic heterocycles. The molecule has 1 N–H and O–H groups in total. The van der Waals surface area contributed by atoms with Crippen LogP contribution in [0.3, 0.4) is 0 Å². The van der Waals surface area contributed by atoms with Gasteiger partial charge in [-0.3, -0.25) is 14.5 Å². The zero-order valence-corrected chi connectivity index (χ0v) is 20.0. The van der Waals surface area contributed by atoms with Crippen LogP contribution in [0.1, 0.15) is 36.8 Å². The monoisotopic (exact) mass is 483 g/mol. The maximum Gasteiger partial charge on any atom is 0.231 e. The van der Waals surface area contributed by atoms with E-state index in [-0.39, 0.29) is 24.1 Å². The Bertz CT molecular complexity index is 1050. The Morgan fingerprint density at radius 1 is 1.00 bits per heavy atom. The molecular weight excluding hydrogens is 454 g/mol. The Labute approximate surface area is 205 Å². The number of amides is 2. The first kappa shape index (κ1) is 23.0. The smallest absolute Gasteiger partial charge is 0.231 e. The van der Waals surface area contributed by atoms with Crippen LogP contribution in [0.4, 0.5) is 0 Å². The average Bonchev–Trinajstić information content (AvgIpc) is 3.46. The average molecular weight is 484 g/mol. The summed E-state index contributed by atoms with van der Waals surface area (Å²) in [5.41, 5.74) is 1.95. The topological polar surface area (TPSA) is 71.1 Å². The molecule has 1 atom stereocenters. The van der Waals surface area contributed by atoms with Crippen molar-refractivity contribution in [3.05, 3.63) is 58.6 Å². The Balaban J connectivity index is 1.12. The number of ether oxygens (including phenoxy) is 2. The molecule has 2 saturated heterocycles. The van der Waals surface area contributed by atoms with Gasteiger partial charge in [-0.05, 0) is 54.7 Å². The number of benzene rings is 2. The van der Waals surface area contributed by atoms with Crippen molar-refractivity contribution in [3.8, 4) is 11.5 Å². The molecule has 34 heavy (non-hydrogen) atoms. The lowest BCUT2D eigenvalue weighted by molar-refractivity contribution is -0.133. The van der Waals surface area contributed by atoms with Crippen LogP contribution < -0.4 is 14.8 Å². The van der Waals surface area contributed by atoms with Gasteiger partial charge in [0.05, 0.1) is 0 Å². The van der Waals surface area contributed by atoms with Crippen molar-refractivity contribution in [2.75, 3.05) is 33.0 Å². The number of piperazine rings is 1. The highest BCUT2D eigenvalue weighted by molar-refractivity contribution is 6.30. The highest BCUT2D eigenvalue weighted by Crippen LogP contribution is 2.33. The number of halogens is 1. The summed E-state index contributed by atoms with van der Waals surface area (Å²) >= 11 is 6.02. The lowest BCUT2D eigenvalue weighted by Gasteiger charge is -2.36. The molecule has 0 spiro atoms. The van der Waals surface area contributed by atoms with Crippen LogP contribution in [0.2, 0.25) is 5.02 Å². The Morgan fingerprint density at radius 3 is 2.47 bits per heavy atom. The Hall–Kier alpha value is -2.77. The molecule has 180 valence electrons. The summed E-state index contributed by atoms with van der Waals surface area (Å²) in [6, 6.07) is 13.8. The van der Waals surface area contributed by atoms with Crippen LogP contribution in [-0.4, -0.2) is 60.1 Å². The third-order valence-corrected chi connectivity index (χ3v) is 7.33. The molecule has 2 amide bonds. The largest absolute Gasteiger partial charge is 0.454 e. The minimum absolute atomic E-state index is 0.0681. The molecular formula is C26H30ClN3O4. The number of hydrogen-bond acceptors (Lipinski definition) is 5. The summed E-state index contributed by atoms with van der Waals surface area (Å²) in [6.07, 6.45) is 3.07. The van der Waals surface area contributed by atoms with Gasteiger partial charge in [-0.25, -0.2) is 0 Å². The second-order valence-electron chi connectivity index (χ2n) is 9.48. The van der Waals surface area contributed by atoms with E-state index in [2.05, 4.69) is 16.3 Å². The van der Waals surface area contributed by atoms with Gasteiger partial charge in [0, 0.05) is 56.1 Å². The summed E-state index contributed by atoms with van der Waals surface area (Å²) in [5, 5.41) is 3.87. The number of hydrogen-bond donors (Lipinski definition) is 1. The molecule has 2 fully saturated rings. The predicted octanol–water partition coefficient (Wildman–Crippen LogP) is 3.38. The normalized spacial score (nSPS) is 22.1. The van der Waals surface area contributed by atoms with E-state index < -0.39 is 0 Å². The lowest BCUT2D eigenvalue weighted by atomic mass is 9.85. The van der Waals surface area contributed by atoms with Gasteiger partial charge < -0.3 is 19.7 Å². The van der Waals surface area contributed by atoms with Gasteiger partial charge in [-0.1, -0.05) is 29.8 Å². The first-order chi connectivity index (χ1) is 16.5. The number of carbonyl (C=O) groups is 2. The molecule has 0 saturated carbocycles. The number of rotatable bonds is 7. The van der Waals surface area contributed by atoms with Crippen LogP contribution in [0.25, 0.3) is 0 Å². The van der Waals surface area contributed by atoms with Gasteiger partial charge in [0.2, 0.25) is 18.6 Å². The zero-order valence-electron chi connectivity index (χ0n) is 19.2. The van der Waals surface area contributed by atoms with Gasteiger partial charge in [-0.15, -0.1) is 0 Å². The molecule has 2 aromatic carbocycles. The first-order valence-corrected chi connectivity index (χ1v) is 12.3. The van der Waals surface area contributed by atoms with Crippen LogP contribution in [0.5, 0.6) is 11.5 Å². The van der Waals surface area contributed by atoms with Crippen molar-refractivity contribution in [3.63, 3.8) is 0 Å². The molecule has 5 rings (SSSR count). The van der Waals surface area contributed by atoms with Crippen molar-refractivity contribution >= 4 is 23.4 Å². The summed E-state index contributed by atoms with van der Waals surface area (Å²) in [6.45, 7) is 4.23. The lowest BCUT2D eigenvalue weighted by Crippen LogP contribution is -2.49. The van der Waals surface area contributed by atoms with Crippen molar-refractivity contribution in [1.82, 2.24) is 15.1 Å². The molecule has 7 nitrogen and oxygen atoms in total. The highest BCUT2D eigenvalue weighted by Gasteiger charge is 2.38. The summed E-state index contributed by atoms with van der Waals surface area (Å²) in [4.78, 5) is 29.4. The summed E-state index contributed by atoms with van der Waals surface area (Å²) in [5.74, 6) is 1.84. The van der Waals surface area contributed by atoms with E-state index in [1.165, 1.54) is 5.56 Å². The number of nitrogens with one attached hydrogen (secondary N) is 1. The van der Waals surface area contributed by atoms with Crippen molar-refractivity contribution in [1.29, 1.82) is 0 Å². The van der Waals surface area contributed by atoms with Gasteiger partial charge >= 0.3 is 0 Å². The molecule has 2 aromatic rings. The van der Waals surface area contributed by atoms with E-state index in [4.69, 9.17) is 21.1 Å². The van der Waals surface area contributed by atoms with Crippen molar-refractivity contribution in [2.24, 2.45) is 0 Å². The van der Waals surface area contributed by atoms with E-state index in [0.717, 1.165) is 56.2 Å². The number of nitrogens with zero attached hydrogens (tertiary/aromatic N) is 2. The van der Waals surface area contributed by atoms with Crippen LogP contribution in [-0.2, 0) is 22.6 Å². The molecule has 3 aliphatic heterocycles. The first-order valence-electron chi connectivity index (χ1n) is 11.9. The Morgan fingerprint density at radius 2 is 1.74 bits per heavy atom. The molecule has 8 heteroatoms. The minimum atomic E-state index is -0.359. The highest BCUT2D eigenvalue weighted by atomic mass is 35.5. The van der Waals surface area contributed by atoms with Crippen LogP contribution in [0.15, 0.2) is 42.5 Å². The van der Waals surface area contributed by atoms with E-state index >= 15 is 0 Å². The van der Waals surface area contributed by atoms with E-state index in [1.54, 1.807) is 0 Å². The summed E-state index contributed by atoms with van der Waals surface area (Å²) < 4.78 is 10.9. The fourth-order valence-corrected chi connectivity index (χ4v) is 5.26. The van der Waals surface area contributed by atoms with Gasteiger partial charge in [-0.2, -0.15) is 0 Å². The maximum absolute atomic E-state index is 13.0. The summed E-state index contributed by atoms with van der Waals surface area (Å²) in [7, 11) is 0. The second-order valence-corrected chi connectivity index (χ2v) is 9.91. The molecule has 3 heterocycles. The zero-order chi connectivity index (χ0) is 23.5. The third kappa shape index (κ3) is 5.31. The van der Waals surface area contributed by atoms with Crippen molar-refractivity contribution < 1.29 is 19.1 Å². The number of fused-ring (bicyclic) bond motifs is 1. The van der Waals surface area contributed by atoms with E-state index in [1.807, 2.05) is 41.3 Å². The van der Waals surface area contributed by atoms with Crippen LogP contribution in [0, 0.1) is 0 Å². The minimum Gasteiger partial charge on any atom is -0.454 e. The maximum atomic E-state index is 13.0. The standard InChI is InChI=1S/C26H30ClN3O4/c27-21-4-1-19(2-5-21)16-26(9-7-24(31)28-26)10-8-25(32)30-13-11-29(12-14-30)17-20-3-6-22-23(15-20)34-18-33-22/h1-6,15H,7-14,16-18H2,(H,28,31). The predicted molar refractivity (Wildman–Crippen MR) is 129 cm³/mol. The molecule has 3 aliphatic rings. The van der Waals surface area contributed by atoms with Gasteiger partial charge in [0.25, 0.3) is 0 Å². The van der Waals surface area contributed by atoms with Gasteiger partial charge in [0.15, 0.2) is 11.5 Å². The quantitative estimate of drug-likeness (QED) is 0.653. The molecule has 0 radical (unpaired) electrons. The number of carbonyl (C=O) groups excluding carboxylic acids is 2. The molecule has 0 aliphatic carbocycles. The van der Waals surface area contributed by atoms with E-state index in [0.29, 0.717) is 30.7 Å². The van der Waals surface area contributed by atoms with E-state index in [9.17, 15) is 9.59 Å². The second kappa shape index (κ2) is 9.84. The molecule has 0 bridgehead atoms. The third-order valence-electron chi connectivity index (χ3n) is 7.08. The van der Waals surface area contributed by atoms with Crippen molar-refractivity contribution in [2.45, 2.75) is 44.2 Å².